The van der Waals surface area contributed by atoms with Gasteiger partial charge >= 0.3 is 0 Å². The van der Waals surface area contributed by atoms with E-state index in [0.717, 1.165) is 28.5 Å². The van der Waals surface area contributed by atoms with E-state index >= 15 is 0 Å². The summed E-state index contributed by atoms with van der Waals surface area (Å²) in [6.45, 7) is 3.07. The Bertz CT molecular complexity index is 550. The predicted molar refractivity (Wildman–Crippen MR) is 78.7 cm³/mol. The molecule has 2 atom stereocenters. The topological polar surface area (TPSA) is 12.0 Å². The van der Waals surface area contributed by atoms with E-state index in [1.54, 1.807) is 17.4 Å². The molecule has 2 unspecified atom stereocenters. The van der Waals surface area contributed by atoms with Gasteiger partial charge in [0.15, 0.2) is 0 Å². The number of hydrogen-bond acceptors (Lipinski definition) is 2. The van der Waals surface area contributed by atoms with E-state index in [9.17, 15) is 4.39 Å². The number of nitrogens with one attached hydrogen (secondary N) is 1. The minimum Gasteiger partial charge on any atom is -0.310 e. The van der Waals surface area contributed by atoms with E-state index in [4.69, 9.17) is 0 Å². The lowest BCUT2D eigenvalue weighted by atomic mass is 10.1. The van der Waals surface area contributed by atoms with Crippen molar-refractivity contribution in [2.24, 2.45) is 5.92 Å². The van der Waals surface area contributed by atoms with Gasteiger partial charge in [0.2, 0.25) is 0 Å². The van der Waals surface area contributed by atoms with Crippen molar-refractivity contribution < 1.29 is 4.39 Å². The van der Waals surface area contributed by atoms with Crippen molar-refractivity contribution >= 4 is 11.3 Å². The van der Waals surface area contributed by atoms with Crippen LogP contribution in [0.3, 0.4) is 0 Å². The molecule has 19 heavy (non-hydrogen) atoms. The summed E-state index contributed by atoms with van der Waals surface area (Å²) in [4.78, 5) is 0.997. The Balaban J connectivity index is 1.71. The van der Waals surface area contributed by atoms with Gasteiger partial charge in [-0.05, 0) is 41.5 Å². The Labute approximate surface area is 117 Å². The second-order valence-electron chi connectivity index (χ2n) is 5.18. The van der Waals surface area contributed by atoms with Crippen LogP contribution in [0.4, 0.5) is 4.39 Å². The molecule has 1 fully saturated rings. The standard InChI is InChI=1S/C16H18FNS/c1-2-12-9-15(12)18-10-11-5-6-14(17)13(8-11)16-4-3-7-19-16/h3-8,12,15,18H,2,9-10H2,1H3. The van der Waals surface area contributed by atoms with Gasteiger partial charge in [0, 0.05) is 23.0 Å². The molecule has 0 amide bonds. The Morgan fingerprint density at radius 1 is 1.37 bits per heavy atom. The zero-order valence-electron chi connectivity index (χ0n) is 11.0. The number of hydrogen-bond donors (Lipinski definition) is 1. The minimum atomic E-state index is -0.135. The van der Waals surface area contributed by atoms with Crippen LogP contribution in [0.5, 0.6) is 0 Å². The molecule has 100 valence electrons. The number of benzene rings is 1. The van der Waals surface area contributed by atoms with Crippen molar-refractivity contribution in [3.05, 3.63) is 47.1 Å². The summed E-state index contributed by atoms with van der Waals surface area (Å²) in [5.74, 6) is 0.710. The smallest absolute Gasteiger partial charge is 0.131 e. The average Bonchev–Trinajstić information content (AvgIpc) is 2.98. The van der Waals surface area contributed by atoms with Gasteiger partial charge in [-0.2, -0.15) is 0 Å². The summed E-state index contributed by atoms with van der Waals surface area (Å²) in [7, 11) is 0. The summed E-state index contributed by atoms with van der Waals surface area (Å²) in [6, 6.07) is 10.0. The molecule has 2 aromatic rings. The van der Waals surface area contributed by atoms with Crippen LogP contribution in [-0.2, 0) is 6.54 Å². The second kappa shape index (κ2) is 5.43. The van der Waals surface area contributed by atoms with Gasteiger partial charge in [-0.1, -0.05) is 25.5 Å². The maximum Gasteiger partial charge on any atom is 0.131 e. The summed E-state index contributed by atoms with van der Waals surface area (Å²) in [5.41, 5.74) is 1.88. The van der Waals surface area contributed by atoms with E-state index in [1.807, 2.05) is 29.6 Å². The van der Waals surface area contributed by atoms with E-state index < -0.39 is 0 Å². The fourth-order valence-corrected chi connectivity index (χ4v) is 3.25. The molecule has 3 heteroatoms. The van der Waals surface area contributed by atoms with Crippen LogP contribution in [0.15, 0.2) is 35.7 Å². The molecule has 0 radical (unpaired) electrons. The SMILES string of the molecule is CCC1CC1NCc1ccc(F)c(-c2cccs2)c1. The van der Waals surface area contributed by atoms with Crippen molar-refractivity contribution in [1.82, 2.24) is 5.32 Å². The highest BCUT2D eigenvalue weighted by Crippen LogP contribution is 2.33. The minimum absolute atomic E-state index is 0.135. The van der Waals surface area contributed by atoms with Crippen molar-refractivity contribution in [3.8, 4) is 10.4 Å². The van der Waals surface area contributed by atoms with Gasteiger partial charge in [0.25, 0.3) is 0 Å². The Morgan fingerprint density at radius 2 is 2.26 bits per heavy atom. The molecule has 0 aliphatic heterocycles. The Hall–Kier alpha value is -1.19. The highest BCUT2D eigenvalue weighted by Gasteiger charge is 2.34. The van der Waals surface area contributed by atoms with Gasteiger partial charge in [0.05, 0.1) is 0 Å². The number of thiophene rings is 1. The monoisotopic (exact) mass is 275 g/mol. The molecule has 1 N–H and O–H groups in total. The molecule has 1 nitrogen and oxygen atoms in total. The molecule has 1 saturated carbocycles. The van der Waals surface area contributed by atoms with Crippen LogP contribution in [0.1, 0.15) is 25.3 Å². The van der Waals surface area contributed by atoms with E-state index in [2.05, 4.69) is 12.2 Å². The molecule has 1 aromatic carbocycles. The van der Waals surface area contributed by atoms with E-state index in [1.165, 1.54) is 12.8 Å². The Kier molecular flexibility index (Phi) is 3.67. The second-order valence-corrected chi connectivity index (χ2v) is 6.13. The molecule has 0 saturated heterocycles. The van der Waals surface area contributed by atoms with Crippen molar-refractivity contribution in [2.45, 2.75) is 32.4 Å². The third-order valence-electron chi connectivity index (χ3n) is 3.83. The third kappa shape index (κ3) is 2.88. The highest BCUT2D eigenvalue weighted by molar-refractivity contribution is 7.13. The van der Waals surface area contributed by atoms with Gasteiger partial charge < -0.3 is 5.32 Å². The zero-order chi connectivity index (χ0) is 13.2. The first-order valence-electron chi connectivity index (χ1n) is 6.83. The molecule has 1 aromatic heterocycles. The molecule has 1 aliphatic rings. The van der Waals surface area contributed by atoms with Crippen molar-refractivity contribution in [1.29, 1.82) is 0 Å². The maximum absolute atomic E-state index is 13.8. The normalized spacial score (nSPS) is 21.6. The molecule has 1 heterocycles. The van der Waals surface area contributed by atoms with Crippen molar-refractivity contribution in [3.63, 3.8) is 0 Å². The average molecular weight is 275 g/mol. The number of rotatable bonds is 5. The van der Waals surface area contributed by atoms with Crippen LogP contribution < -0.4 is 5.32 Å². The van der Waals surface area contributed by atoms with Crippen LogP contribution in [-0.4, -0.2) is 6.04 Å². The number of halogens is 1. The van der Waals surface area contributed by atoms with E-state index in [0.29, 0.717) is 6.04 Å². The predicted octanol–water partition coefficient (Wildman–Crippen LogP) is 4.44. The zero-order valence-corrected chi connectivity index (χ0v) is 11.8. The molecule has 0 spiro atoms. The van der Waals surface area contributed by atoms with Crippen LogP contribution in [0.2, 0.25) is 0 Å². The fourth-order valence-electron chi connectivity index (χ4n) is 2.50. The summed E-state index contributed by atoms with van der Waals surface area (Å²) in [6.07, 6.45) is 2.54. The van der Waals surface area contributed by atoms with Crippen LogP contribution >= 0.6 is 11.3 Å². The van der Waals surface area contributed by atoms with E-state index in [-0.39, 0.29) is 5.82 Å². The van der Waals surface area contributed by atoms with Gasteiger partial charge in [-0.15, -0.1) is 11.3 Å². The Morgan fingerprint density at radius 3 is 2.95 bits per heavy atom. The molecular formula is C16H18FNS. The van der Waals surface area contributed by atoms with Crippen molar-refractivity contribution in [2.75, 3.05) is 0 Å². The lowest BCUT2D eigenvalue weighted by Crippen LogP contribution is -2.17. The summed E-state index contributed by atoms with van der Waals surface area (Å²) in [5, 5.41) is 5.53. The molecular weight excluding hydrogens is 257 g/mol. The quantitative estimate of drug-likeness (QED) is 0.850. The first-order valence-corrected chi connectivity index (χ1v) is 7.71. The molecule has 3 rings (SSSR count). The molecule has 0 bridgehead atoms. The lowest BCUT2D eigenvalue weighted by Gasteiger charge is -2.07. The highest BCUT2D eigenvalue weighted by atomic mass is 32.1. The van der Waals surface area contributed by atoms with Gasteiger partial charge in [0.1, 0.15) is 5.82 Å². The lowest BCUT2D eigenvalue weighted by molar-refractivity contribution is 0.616. The summed E-state index contributed by atoms with van der Waals surface area (Å²) >= 11 is 1.58. The van der Waals surface area contributed by atoms with Gasteiger partial charge in [-0.3, -0.25) is 0 Å². The maximum atomic E-state index is 13.8. The largest absolute Gasteiger partial charge is 0.310 e. The fraction of sp³-hybridized carbons (Fsp3) is 0.375. The first kappa shape index (κ1) is 12.8. The summed E-state index contributed by atoms with van der Waals surface area (Å²) < 4.78 is 13.8. The van der Waals surface area contributed by atoms with Gasteiger partial charge in [-0.25, -0.2) is 4.39 Å². The molecule has 1 aliphatic carbocycles. The van der Waals surface area contributed by atoms with Crippen LogP contribution in [0.25, 0.3) is 10.4 Å². The first-order chi connectivity index (χ1) is 9.28. The van der Waals surface area contributed by atoms with Crippen LogP contribution in [0, 0.1) is 11.7 Å². The third-order valence-corrected chi connectivity index (χ3v) is 4.74.